The SMILES string of the molecule is CC(C)NC(=O)C(c1ccccc1O)N(C(=O)C(CC(N)=O)NC(=O)OC(C)(C)C)C1CCC1. The van der Waals surface area contributed by atoms with Crippen LogP contribution in [0.3, 0.4) is 0 Å². The first-order chi connectivity index (χ1) is 15.8. The van der Waals surface area contributed by atoms with Gasteiger partial charge in [0.15, 0.2) is 0 Å². The van der Waals surface area contributed by atoms with Gasteiger partial charge in [-0.15, -0.1) is 0 Å². The van der Waals surface area contributed by atoms with Crippen LogP contribution in [-0.4, -0.2) is 57.5 Å². The Morgan fingerprint density at radius 1 is 1.15 bits per heavy atom. The number of benzene rings is 1. The highest BCUT2D eigenvalue weighted by molar-refractivity contribution is 5.95. The number of hydrogen-bond donors (Lipinski definition) is 4. The van der Waals surface area contributed by atoms with Crippen LogP contribution in [0.1, 0.15) is 71.9 Å². The summed E-state index contributed by atoms with van der Waals surface area (Å²) < 4.78 is 5.25. The molecule has 1 aromatic rings. The summed E-state index contributed by atoms with van der Waals surface area (Å²) in [6.07, 6.45) is 0.779. The molecule has 188 valence electrons. The van der Waals surface area contributed by atoms with E-state index in [2.05, 4.69) is 10.6 Å². The summed E-state index contributed by atoms with van der Waals surface area (Å²) in [5.74, 6) is -2.07. The fraction of sp³-hybridized carbons (Fsp3) is 0.583. The van der Waals surface area contributed by atoms with Gasteiger partial charge in [0, 0.05) is 17.6 Å². The number of carbonyl (C=O) groups is 4. The average molecular weight is 477 g/mol. The lowest BCUT2D eigenvalue weighted by Crippen LogP contribution is -2.58. The third kappa shape index (κ3) is 7.36. The third-order valence-electron chi connectivity index (χ3n) is 5.31. The number of ether oxygens (including phenoxy) is 1. The highest BCUT2D eigenvalue weighted by atomic mass is 16.6. The number of nitrogens with zero attached hydrogens (tertiary/aromatic N) is 1. The molecule has 1 saturated carbocycles. The minimum Gasteiger partial charge on any atom is -0.508 e. The number of phenols is 1. The Morgan fingerprint density at radius 3 is 2.24 bits per heavy atom. The number of hydrogen-bond acceptors (Lipinski definition) is 6. The molecule has 0 saturated heterocycles. The molecule has 2 atom stereocenters. The summed E-state index contributed by atoms with van der Waals surface area (Å²) in [6.45, 7) is 8.58. The van der Waals surface area contributed by atoms with E-state index in [0.29, 0.717) is 12.8 Å². The van der Waals surface area contributed by atoms with Crippen molar-refractivity contribution in [2.45, 2.75) is 90.1 Å². The molecule has 1 fully saturated rings. The molecule has 0 aromatic heterocycles. The number of nitrogens with one attached hydrogen (secondary N) is 2. The Balaban J connectivity index is 2.50. The van der Waals surface area contributed by atoms with E-state index in [1.165, 1.54) is 11.0 Å². The van der Waals surface area contributed by atoms with Crippen LogP contribution in [0.25, 0.3) is 0 Å². The van der Waals surface area contributed by atoms with Crippen LogP contribution in [0.5, 0.6) is 5.75 Å². The van der Waals surface area contributed by atoms with Crippen LogP contribution in [0.15, 0.2) is 24.3 Å². The van der Waals surface area contributed by atoms with E-state index in [0.717, 1.165) is 6.42 Å². The smallest absolute Gasteiger partial charge is 0.408 e. The first-order valence-corrected chi connectivity index (χ1v) is 11.5. The van der Waals surface area contributed by atoms with Crippen molar-refractivity contribution in [2.75, 3.05) is 0 Å². The predicted octanol–water partition coefficient (Wildman–Crippen LogP) is 2.11. The molecule has 0 radical (unpaired) electrons. The highest BCUT2D eigenvalue weighted by Crippen LogP contribution is 2.36. The monoisotopic (exact) mass is 476 g/mol. The maximum absolute atomic E-state index is 13.8. The molecule has 2 unspecified atom stereocenters. The van der Waals surface area contributed by atoms with Gasteiger partial charge in [0.25, 0.3) is 0 Å². The van der Waals surface area contributed by atoms with Gasteiger partial charge in [-0.2, -0.15) is 0 Å². The maximum atomic E-state index is 13.8. The molecule has 4 amide bonds. The molecule has 0 aliphatic heterocycles. The molecule has 10 heteroatoms. The summed E-state index contributed by atoms with van der Waals surface area (Å²) in [7, 11) is 0. The van der Waals surface area contributed by atoms with Crippen molar-refractivity contribution in [3.63, 3.8) is 0 Å². The van der Waals surface area contributed by atoms with Crippen LogP contribution in [0.4, 0.5) is 4.79 Å². The van der Waals surface area contributed by atoms with E-state index >= 15 is 0 Å². The van der Waals surface area contributed by atoms with Crippen LogP contribution < -0.4 is 16.4 Å². The van der Waals surface area contributed by atoms with Crippen molar-refractivity contribution >= 4 is 23.8 Å². The predicted molar refractivity (Wildman–Crippen MR) is 126 cm³/mol. The second-order valence-electron chi connectivity index (χ2n) is 9.82. The average Bonchev–Trinajstić information content (AvgIpc) is 2.64. The van der Waals surface area contributed by atoms with Crippen molar-refractivity contribution in [2.24, 2.45) is 5.73 Å². The van der Waals surface area contributed by atoms with E-state index in [9.17, 15) is 24.3 Å². The Kier molecular flexibility index (Phi) is 8.89. The van der Waals surface area contributed by atoms with Crippen molar-refractivity contribution in [1.29, 1.82) is 0 Å². The van der Waals surface area contributed by atoms with E-state index in [1.807, 2.05) is 0 Å². The van der Waals surface area contributed by atoms with Crippen LogP contribution >= 0.6 is 0 Å². The largest absolute Gasteiger partial charge is 0.508 e. The Labute approximate surface area is 200 Å². The minimum atomic E-state index is -1.34. The minimum absolute atomic E-state index is 0.143. The fourth-order valence-corrected chi connectivity index (χ4v) is 3.71. The lowest BCUT2D eigenvalue weighted by molar-refractivity contribution is -0.148. The lowest BCUT2D eigenvalue weighted by Gasteiger charge is -2.43. The molecule has 2 rings (SSSR count). The fourth-order valence-electron chi connectivity index (χ4n) is 3.71. The van der Waals surface area contributed by atoms with Gasteiger partial charge in [0.2, 0.25) is 17.7 Å². The van der Waals surface area contributed by atoms with Crippen molar-refractivity contribution in [1.82, 2.24) is 15.5 Å². The van der Waals surface area contributed by atoms with Gasteiger partial charge >= 0.3 is 6.09 Å². The molecule has 1 aliphatic carbocycles. The molecule has 1 aliphatic rings. The van der Waals surface area contributed by atoms with Gasteiger partial charge in [-0.1, -0.05) is 18.2 Å². The topological polar surface area (TPSA) is 151 Å². The van der Waals surface area contributed by atoms with Gasteiger partial charge in [-0.3, -0.25) is 14.4 Å². The number of rotatable bonds is 9. The molecule has 0 bridgehead atoms. The first-order valence-electron chi connectivity index (χ1n) is 11.5. The summed E-state index contributed by atoms with van der Waals surface area (Å²) in [5, 5.41) is 15.8. The Hall–Kier alpha value is -3.30. The van der Waals surface area contributed by atoms with E-state index < -0.39 is 47.9 Å². The molecule has 5 N–H and O–H groups in total. The standard InChI is InChI=1S/C24H36N4O6/c1-14(2)26-21(31)20(16-11-6-7-12-18(16)29)28(15-9-8-10-15)22(32)17(13-19(25)30)27-23(33)34-24(3,4)5/h6-7,11-12,14-15,17,20,29H,8-10,13H2,1-5H3,(H2,25,30)(H,26,31)(H,27,33). The Morgan fingerprint density at radius 2 is 1.76 bits per heavy atom. The number of carbonyl (C=O) groups excluding carboxylic acids is 4. The van der Waals surface area contributed by atoms with E-state index in [-0.39, 0.29) is 23.4 Å². The van der Waals surface area contributed by atoms with Crippen LogP contribution in [0.2, 0.25) is 0 Å². The highest BCUT2D eigenvalue weighted by Gasteiger charge is 2.43. The number of primary amides is 1. The van der Waals surface area contributed by atoms with Gasteiger partial charge in [0.1, 0.15) is 23.4 Å². The summed E-state index contributed by atoms with van der Waals surface area (Å²) >= 11 is 0. The number of aromatic hydroxyl groups is 1. The van der Waals surface area contributed by atoms with Crippen molar-refractivity contribution < 1.29 is 29.0 Å². The normalized spacial score (nSPS) is 15.6. The number of phenolic OH excluding ortho intramolecular Hbond substituents is 1. The van der Waals surface area contributed by atoms with Gasteiger partial charge in [-0.25, -0.2) is 4.79 Å². The molecular formula is C24H36N4O6. The second-order valence-corrected chi connectivity index (χ2v) is 9.82. The van der Waals surface area contributed by atoms with Crippen molar-refractivity contribution in [3.05, 3.63) is 29.8 Å². The van der Waals surface area contributed by atoms with Crippen molar-refractivity contribution in [3.8, 4) is 5.75 Å². The lowest BCUT2D eigenvalue weighted by atomic mass is 9.87. The summed E-state index contributed by atoms with van der Waals surface area (Å²) in [6, 6.07) is 3.24. The summed E-state index contributed by atoms with van der Waals surface area (Å²) in [4.78, 5) is 52.7. The number of para-hydroxylation sites is 1. The number of nitrogens with two attached hydrogens (primary N) is 1. The zero-order valence-corrected chi connectivity index (χ0v) is 20.5. The quantitative estimate of drug-likeness (QED) is 0.428. The molecule has 0 heterocycles. The molecule has 10 nitrogen and oxygen atoms in total. The molecule has 34 heavy (non-hydrogen) atoms. The first kappa shape index (κ1) is 26.9. The number of alkyl carbamates (subject to hydrolysis) is 1. The second kappa shape index (κ2) is 11.2. The van der Waals surface area contributed by atoms with Gasteiger partial charge in [0.05, 0.1) is 6.42 Å². The zero-order chi connectivity index (χ0) is 25.6. The molecule has 0 spiro atoms. The maximum Gasteiger partial charge on any atom is 0.408 e. The summed E-state index contributed by atoms with van der Waals surface area (Å²) in [5.41, 5.74) is 4.79. The third-order valence-corrected chi connectivity index (χ3v) is 5.31. The zero-order valence-electron chi connectivity index (χ0n) is 20.5. The molecular weight excluding hydrogens is 440 g/mol. The number of amides is 4. The van der Waals surface area contributed by atoms with Gasteiger partial charge < -0.3 is 31.1 Å². The molecule has 1 aromatic carbocycles. The Bertz CT molecular complexity index is 907. The van der Waals surface area contributed by atoms with Crippen LogP contribution in [-0.2, 0) is 19.1 Å². The van der Waals surface area contributed by atoms with E-state index in [1.54, 1.807) is 52.8 Å². The van der Waals surface area contributed by atoms with Crippen LogP contribution in [0, 0.1) is 0 Å². The van der Waals surface area contributed by atoms with Gasteiger partial charge in [-0.05, 0) is 59.9 Å². The van der Waals surface area contributed by atoms with E-state index in [4.69, 9.17) is 10.5 Å².